The van der Waals surface area contributed by atoms with Crippen molar-refractivity contribution >= 4 is 11.9 Å². The molecular weight excluding hydrogens is 244 g/mol. The van der Waals surface area contributed by atoms with Crippen molar-refractivity contribution in [2.24, 2.45) is 11.8 Å². The molecule has 0 aromatic heterocycles. The molecule has 2 atom stereocenters. The lowest BCUT2D eigenvalue weighted by molar-refractivity contribution is -0.166. The number of rotatable bonds is 6. The highest BCUT2D eigenvalue weighted by Crippen LogP contribution is 2.24. The summed E-state index contributed by atoms with van der Waals surface area (Å²) in [5.74, 6) is -1.82. The number of hydrogen-bond donors (Lipinski definition) is 0. The smallest absolute Gasteiger partial charge is 0.313 e. The quantitative estimate of drug-likeness (QED) is 0.549. The summed E-state index contributed by atoms with van der Waals surface area (Å²) >= 11 is 0. The predicted molar refractivity (Wildman–Crippen MR) is 74.6 cm³/mol. The molecule has 0 heterocycles. The van der Waals surface area contributed by atoms with Crippen molar-refractivity contribution in [3.8, 4) is 0 Å². The van der Waals surface area contributed by atoms with E-state index in [-0.39, 0.29) is 5.97 Å². The van der Waals surface area contributed by atoms with E-state index in [1.165, 1.54) is 7.11 Å². The molecule has 0 aromatic rings. The minimum Gasteiger partial charge on any atom is -0.469 e. The molecule has 0 spiro atoms. The monoisotopic (exact) mass is 270 g/mol. The number of allylic oxidation sites excluding steroid dienone is 1. The number of carbonyl (C=O) groups is 2. The van der Waals surface area contributed by atoms with Gasteiger partial charge in [-0.25, -0.2) is 0 Å². The molecule has 0 unspecified atom stereocenters. The predicted octanol–water partition coefficient (Wildman–Crippen LogP) is 3.11. The van der Waals surface area contributed by atoms with Crippen LogP contribution in [0.25, 0.3) is 0 Å². The highest BCUT2D eigenvalue weighted by molar-refractivity contribution is 5.83. The Morgan fingerprint density at radius 2 is 1.79 bits per heavy atom. The van der Waals surface area contributed by atoms with E-state index in [1.54, 1.807) is 12.2 Å². The molecule has 110 valence electrons. The van der Waals surface area contributed by atoms with Crippen LogP contribution in [0.4, 0.5) is 0 Å². The van der Waals surface area contributed by atoms with Crippen LogP contribution in [0, 0.1) is 11.8 Å². The van der Waals surface area contributed by atoms with Crippen LogP contribution in [0.3, 0.4) is 0 Å². The summed E-state index contributed by atoms with van der Waals surface area (Å²) in [6.07, 6.45) is 4.86. The molecule has 0 N–H and O–H groups in total. The fourth-order valence-corrected chi connectivity index (χ4v) is 1.85. The van der Waals surface area contributed by atoms with Gasteiger partial charge in [-0.3, -0.25) is 9.59 Å². The van der Waals surface area contributed by atoms with Crippen LogP contribution in [0.5, 0.6) is 0 Å². The zero-order valence-corrected chi connectivity index (χ0v) is 12.9. The first-order valence-corrected chi connectivity index (χ1v) is 6.70. The van der Waals surface area contributed by atoms with Gasteiger partial charge in [0, 0.05) is 0 Å². The Hall–Kier alpha value is -1.32. The molecule has 0 aliphatic rings. The maximum atomic E-state index is 12.2. The molecule has 0 fully saturated rings. The molecule has 0 saturated heterocycles. The number of carbonyl (C=O) groups excluding carboxylic acids is 2. The summed E-state index contributed by atoms with van der Waals surface area (Å²) in [7, 11) is 1.33. The summed E-state index contributed by atoms with van der Waals surface area (Å²) in [6.45, 7) is 9.24. The zero-order chi connectivity index (χ0) is 15.1. The van der Waals surface area contributed by atoms with Gasteiger partial charge in [-0.1, -0.05) is 25.5 Å². The molecule has 0 aliphatic carbocycles. The second kappa shape index (κ2) is 7.97. The van der Waals surface area contributed by atoms with E-state index in [0.717, 1.165) is 6.42 Å². The van der Waals surface area contributed by atoms with Crippen LogP contribution in [0.15, 0.2) is 12.2 Å². The molecule has 4 heteroatoms. The molecule has 0 amide bonds. The molecule has 4 nitrogen and oxygen atoms in total. The number of hydrogen-bond acceptors (Lipinski definition) is 4. The Morgan fingerprint density at radius 1 is 1.21 bits per heavy atom. The summed E-state index contributed by atoms with van der Waals surface area (Å²) in [4.78, 5) is 24.0. The van der Waals surface area contributed by atoms with Gasteiger partial charge in [0.1, 0.15) is 5.60 Å². The van der Waals surface area contributed by atoms with Gasteiger partial charge in [0.15, 0.2) is 0 Å². The fraction of sp³-hybridized carbons (Fsp3) is 0.733. The first-order valence-electron chi connectivity index (χ1n) is 6.70. The first kappa shape index (κ1) is 17.7. The van der Waals surface area contributed by atoms with E-state index in [4.69, 9.17) is 9.47 Å². The summed E-state index contributed by atoms with van der Waals surface area (Å²) < 4.78 is 10.2. The van der Waals surface area contributed by atoms with Crippen molar-refractivity contribution in [1.29, 1.82) is 0 Å². The van der Waals surface area contributed by atoms with Crippen LogP contribution >= 0.6 is 0 Å². The molecule has 0 aliphatic heterocycles. The van der Waals surface area contributed by atoms with E-state index >= 15 is 0 Å². The zero-order valence-electron chi connectivity index (χ0n) is 12.9. The van der Waals surface area contributed by atoms with E-state index in [9.17, 15) is 9.59 Å². The maximum absolute atomic E-state index is 12.2. The van der Waals surface area contributed by atoms with Gasteiger partial charge in [0.2, 0.25) is 0 Å². The summed E-state index contributed by atoms with van der Waals surface area (Å²) in [5, 5.41) is 0. The van der Waals surface area contributed by atoms with E-state index in [2.05, 4.69) is 0 Å². The van der Waals surface area contributed by atoms with Gasteiger partial charge < -0.3 is 9.47 Å². The van der Waals surface area contributed by atoms with Crippen molar-refractivity contribution in [1.82, 2.24) is 0 Å². The van der Waals surface area contributed by atoms with Crippen molar-refractivity contribution in [2.75, 3.05) is 7.11 Å². The third kappa shape index (κ3) is 6.41. The Kier molecular flexibility index (Phi) is 7.42. The topological polar surface area (TPSA) is 52.6 Å². The SMILES string of the molecule is C/C=C/[C@@H](C(=O)OC)[C@@H](CCC)C(=O)OC(C)(C)C. The lowest BCUT2D eigenvalue weighted by atomic mass is 9.88. The number of esters is 2. The Labute approximate surface area is 116 Å². The highest BCUT2D eigenvalue weighted by Gasteiger charge is 2.34. The number of ether oxygens (including phenoxy) is 2. The van der Waals surface area contributed by atoms with Crippen molar-refractivity contribution in [3.05, 3.63) is 12.2 Å². The van der Waals surface area contributed by atoms with Gasteiger partial charge in [0.25, 0.3) is 0 Å². The second-order valence-electron chi connectivity index (χ2n) is 5.50. The first-order chi connectivity index (χ1) is 8.76. The molecule has 0 rings (SSSR count). The van der Waals surface area contributed by atoms with Crippen LogP contribution in [0.2, 0.25) is 0 Å². The minimum atomic E-state index is -0.579. The van der Waals surface area contributed by atoms with E-state index in [1.807, 2.05) is 34.6 Å². The third-order valence-corrected chi connectivity index (χ3v) is 2.62. The normalized spacial score (nSPS) is 15.1. The van der Waals surface area contributed by atoms with Crippen LogP contribution in [-0.4, -0.2) is 24.6 Å². The average molecular weight is 270 g/mol. The molecule has 19 heavy (non-hydrogen) atoms. The Bertz CT molecular complexity index is 326. The van der Waals surface area contributed by atoms with Crippen LogP contribution < -0.4 is 0 Å². The fourth-order valence-electron chi connectivity index (χ4n) is 1.85. The standard InChI is InChI=1S/C15H26O4/c1-7-9-11(13(16)18-6)12(10-8-2)14(17)19-15(3,4)5/h7,9,11-12H,8,10H2,1-6H3/b9-7+/t11-,12-/m1/s1. The minimum absolute atomic E-state index is 0.345. The molecule has 0 aromatic carbocycles. The van der Waals surface area contributed by atoms with Gasteiger partial charge in [-0.2, -0.15) is 0 Å². The third-order valence-electron chi connectivity index (χ3n) is 2.62. The second-order valence-corrected chi connectivity index (χ2v) is 5.50. The molecule has 0 bridgehead atoms. The van der Waals surface area contributed by atoms with E-state index in [0.29, 0.717) is 6.42 Å². The van der Waals surface area contributed by atoms with Gasteiger partial charge >= 0.3 is 11.9 Å². The maximum Gasteiger partial charge on any atom is 0.313 e. The Morgan fingerprint density at radius 3 is 2.16 bits per heavy atom. The van der Waals surface area contributed by atoms with E-state index < -0.39 is 23.4 Å². The van der Waals surface area contributed by atoms with Crippen molar-refractivity contribution < 1.29 is 19.1 Å². The van der Waals surface area contributed by atoms with Crippen LogP contribution in [0.1, 0.15) is 47.5 Å². The lowest BCUT2D eigenvalue weighted by Crippen LogP contribution is -2.35. The molecule has 0 saturated carbocycles. The Balaban J connectivity index is 5.13. The molecule has 0 radical (unpaired) electrons. The van der Waals surface area contributed by atoms with Crippen LogP contribution in [-0.2, 0) is 19.1 Å². The van der Waals surface area contributed by atoms with Gasteiger partial charge in [-0.05, 0) is 34.1 Å². The summed E-state index contributed by atoms with van der Waals surface area (Å²) in [5.41, 5.74) is -0.556. The van der Waals surface area contributed by atoms with Crippen molar-refractivity contribution in [2.45, 2.75) is 53.1 Å². The number of methoxy groups -OCH3 is 1. The average Bonchev–Trinajstić information content (AvgIpc) is 2.30. The molecular formula is C15H26O4. The van der Waals surface area contributed by atoms with Crippen molar-refractivity contribution in [3.63, 3.8) is 0 Å². The highest BCUT2D eigenvalue weighted by atomic mass is 16.6. The summed E-state index contributed by atoms with van der Waals surface area (Å²) in [6, 6.07) is 0. The van der Waals surface area contributed by atoms with Gasteiger partial charge in [-0.15, -0.1) is 0 Å². The lowest BCUT2D eigenvalue weighted by Gasteiger charge is -2.26. The van der Waals surface area contributed by atoms with Gasteiger partial charge in [0.05, 0.1) is 18.9 Å². The largest absolute Gasteiger partial charge is 0.469 e.